The molecule has 2 fully saturated rings. The van der Waals surface area contributed by atoms with E-state index in [-0.39, 0.29) is 17.7 Å². The zero-order chi connectivity index (χ0) is 17.6. The summed E-state index contributed by atoms with van der Waals surface area (Å²) in [6.07, 6.45) is 7.95. The molecule has 0 radical (unpaired) electrons. The van der Waals surface area contributed by atoms with Gasteiger partial charge in [0.1, 0.15) is 5.82 Å². The van der Waals surface area contributed by atoms with E-state index in [0.29, 0.717) is 18.1 Å². The van der Waals surface area contributed by atoms with Crippen LogP contribution in [0.1, 0.15) is 55.4 Å². The van der Waals surface area contributed by atoms with Gasteiger partial charge >= 0.3 is 0 Å². The molecule has 1 aliphatic carbocycles. The van der Waals surface area contributed by atoms with Crippen LogP contribution in [-0.2, 0) is 11.8 Å². The first-order valence-corrected chi connectivity index (χ1v) is 9.49. The summed E-state index contributed by atoms with van der Waals surface area (Å²) in [7, 11) is 1.74. The van der Waals surface area contributed by atoms with Gasteiger partial charge in [-0.25, -0.2) is 0 Å². The number of carbonyl (C=O) groups is 2. The summed E-state index contributed by atoms with van der Waals surface area (Å²) in [6, 6.07) is 1.66. The minimum absolute atomic E-state index is 0.0394. The molecule has 1 aliphatic heterocycles. The molecule has 1 saturated carbocycles. The molecule has 25 heavy (non-hydrogen) atoms. The molecule has 3 rings (SSSR count). The van der Waals surface area contributed by atoms with Crippen molar-refractivity contribution < 1.29 is 9.59 Å². The number of hydrogen-bond acceptors (Lipinski definition) is 4. The van der Waals surface area contributed by atoms with Crippen LogP contribution in [0, 0.1) is 5.92 Å². The van der Waals surface area contributed by atoms with Crippen LogP contribution in [0.25, 0.3) is 0 Å². The smallest absolute Gasteiger partial charge is 0.271 e. The fourth-order valence-electron chi connectivity index (χ4n) is 3.71. The average Bonchev–Trinajstić information content (AvgIpc) is 3.26. The number of rotatable bonds is 6. The topological polar surface area (TPSA) is 79.3 Å². The number of nitrogens with zero attached hydrogens (tertiary/aromatic N) is 3. The van der Waals surface area contributed by atoms with Crippen LogP contribution < -0.4 is 10.6 Å². The molecule has 0 unspecified atom stereocenters. The molecular weight excluding hydrogens is 318 g/mol. The summed E-state index contributed by atoms with van der Waals surface area (Å²) in [5.74, 6) is 0.529. The Morgan fingerprint density at radius 1 is 1.16 bits per heavy atom. The normalized spacial score (nSPS) is 19.1. The number of aryl methyl sites for hydroxylation is 1. The summed E-state index contributed by atoms with van der Waals surface area (Å²) in [5, 5.41) is 10.1. The lowest BCUT2D eigenvalue weighted by atomic mass is 10.1. The Kier molecular flexibility index (Phi) is 6.07. The molecule has 2 aliphatic rings. The Morgan fingerprint density at radius 2 is 1.88 bits per heavy atom. The quantitative estimate of drug-likeness (QED) is 0.822. The summed E-state index contributed by atoms with van der Waals surface area (Å²) < 4.78 is 1.56. The van der Waals surface area contributed by atoms with Gasteiger partial charge in [-0.1, -0.05) is 19.3 Å². The average molecular weight is 347 g/mol. The van der Waals surface area contributed by atoms with Gasteiger partial charge in [-0.15, -0.1) is 0 Å². The predicted molar refractivity (Wildman–Crippen MR) is 96.4 cm³/mol. The van der Waals surface area contributed by atoms with Crippen LogP contribution in [0.4, 0.5) is 5.82 Å². The molecule has 2 N–H and O–H groups in total. The minimum atomic E-state index is -0.186. The lowest BCUT2D eigenvalue weighted by Crippen LogP contribution is -2.37. The first-order chi connectivity index (χ1) is 12.1. The van der Waals surface area contributed by atoms with Gasteiger partial charge in [0, 0.05) is 32.1 Å². The van der Waals surface area contributed by atoms with Gasteiger partial charge in [-0.3, -0.25) is 14.3 Å². The Bertz CT molecular complexity index is 601. The largest absolute Gasteiger partial charge is 0.349 e. The van der Waals surface area contributed by atoms with Crippen LogP contribution >= 0.6 is 0 Å². The molecule has 0 spiro atoms. The van der Waals surface area contributed by atoms with Crippen molar-refractivity contribution in [2.75, 3.05) is 31.5 Å². The second-order valence-electron chi connectivity index (χ2n) is 7.17. The molecule has 1 aromatic heterocycles. The number of likely N-dealkylation sites (tertiary alicyclic amines) is 1. The fraction of sp³-hybridized carbons (Fsp3) is 0.722. The molecule has 0 aromatic carbocycles. The van der Waals surface area contributed by atoms with E-state index >= 15 is 0 Å². The van der Waals surface area contributed by atoms with Crippen LogP contribution in [0.15, 0.2) is 6.07 Å². The maximum atomic E-state index is 12.3. The fourth-order valence-corrected chi connectivity index (χ4v) is 3.71. The molecule has 7 nitrogen and oxygen atoms in total. The third kappa shape index (κ3) is 4.81. The van der Waals surface area contributed by atoms with Crippen LogP contribution in [0.5, 0.6) is 0 Å². The Hall–Kier alpha value is -1.89. The van der Waals surface area contributed by atoms with E-state index in [2.05, 4.69) is 20.6 Å². The molecule has 1 saturated heterocycles. The van der Waals surface area contributed by atoms with Crippen LogP contribution in [0.3, 0.4) is 0 Å². The molecule has 0 atom stereocenters. The van der Waals surface area contributed by atoms with Crippen molar-refractivity contribution in [3.05, 3.63) is 11.8 Å². The third-order valence-electron chi connectivity index (χ3n) is 5.25. The molecular formula is C18H29N5O2. The summed E-state index contributed by atoms with van der Waals surface area (Å²) in [6.45, 7) is 3.75. The van der Waals surface area contributed by atoms with E-state index in [0.717, 1.165) is 45.3 Å². The number of anilines is 1. The first kappa shape index (κ1) is 17.9. The van der Waals surface area contributed by atoms with Gasteiger partial charge in [0.2, 0.25) is 5.91 Å². The van der Waals surface area contributed by atoms with E-state index in [4.69, 9.17) is 0 Å². The van der Waals surface area contributed by atoms with Gasteiger partial charge < -0.3 is 15.5 Å². The van der Waals surface area contributed by atoms with Crippen molar-refractivity contribution in [1.82, 2.24) is 20.0 Å². The molecule has 0 bridgehead atoms. The maximum absolute atomic E-state index is 12.3. The van der Waals surface area contributed by atoms with Crippen LogP contribution in [0.2, 0.25) is 0 Å². The Labute approximate surface area is 149 Å². The van der Waals surface area contributed by atoms with E-state index in [9.17, 15) is 9.59 Å². The Balaban J connectivity index is 1.48. The van der Waals surface area contributed by atoms with E-state index < -0.39 is 0 Å². The van der Waals surface area contributed by atoms with E-state index in [1.165, 1.54) is 19.3 Å². The second-order valence-corrected chi connectivity index (χ2v) is 7.17. The van der Waals surface area contributed by atoms with E-state index in [1.807, 2.05) is 0 Å². The molecule has 2 heterocycles. The van der Waals surface area contributed by atoms with Crippen molar-refractivity contribution in [3.8, 4) is 0 Å². The second kappa shape index (κ2) is 8.47. The monoisotopic (exact) mass is 347 g/mol. The first-order valence-electron chi connectivity index (χ1n) is 9.49. The molecule has 2 amide bonds. The summed E-state index contributed by atoms with van der Waals surface area (Å²) in [5.41, 5.74) is 0.350. The van der Waals surface area contributed by atoms with Crippen LogP contribution in [-0.4, -0.2) is 52.7 Å². The molecule has 1 aromatic rings. The lowest BCUT2D eigenvalue weighted by molar-refractivity contribution is -0.119. The maximum Gasteiger partial charge on any atom is 0.271 e. The highest BCUT2D eigenvalue weighted by Gasteiger charge is 2.24. The number of piperidine rings is 1. The van der Waals surface area contributed by atoms with Crippen molar-refractivity contribution >= 4 is 17.6 Å². The highest BCUT2D eigenvalue weighted by atomic mass is 16.2. The van der Waals surface area contributed by atoms with Gasteiger partial charge in [0.25, 0.3) is 5.91 Å². The number of nitrogens with one attached hydrogen (secondary N) is 2. The highest BCUT2D eigenvalue weighted by molar-refractivity contribution is 5.96. The third-order valence-corrected chi connectivity index (χ3v) is 5.25. The number of amides is 2. The molecule has 138 valence electrons. The van der Waals surface area contributed by atoms with Crippen molar-refractivity contribution in [2.45, 2.75) is 44.9 Å². The zero-order valence-corrected chi connectivity index (χ0v) is 15.1. The lowest BCUT2D eigenvalue weighted by Gasteiger charge is -2.26. The minimum Gasteiger partial charge on any atom is -0.349 e. The highest BCUT2D eigenvalue weighted by Crippen LogP contribution is 2.26. The summed E-state index contributed by atoms with van der Waals surface area (Å²) >= 11 is 0. The number of aromatic nitrogens is 2. The van der Waals surface area contributed by atoms with Gasteiger partial charge in [0.05, 0.1) is 0 Å². The van der Waals surface area contributed by atoms with E-state index in [1.54, 1.807) is 17.8 Å². The van der Waals surface area contributed by atoms with Gasteiger partial charge in [-0.2, -0.15) is 5.10 Å². The van der Waals surface area contributed by atoms with Gasteiger partial charge in [0.15, 0.2) is 5.69 Å². The van der Waals surface area contributed by atoms with Gasteiger partial charge in [-0.05, 0) is 38.8 Å². The number of hydrogen-bond donors (Lipinski definition) is 2. The van der Waals surface area contributed by atoms with Crippen molar-refractivity contribution in [2.24, 2.45) is 13.0 Å². The predicted octanol–water partition coefficient (Wildman–Crippen LogP) is 1.76. The number of carbonyl (C=O) groups excluding carboxylic acids is 2. The SMILES string of the molecule is Cn1nc(C(=O)NCCN2CCCCC2)cc1NC(=O)C1CCCC1. The standard InChI is InChI=1S/C18H29N5O2/c1-22-16(20-17(24)14-7-3-4-8-14)13-15(21-22)18(25)19-9-12-23-10-5-2-6-11-23/h13-14H,2-12H2,1H3,(H,19,25)(H,20,24). The molecule has 7 heteroatoms. The Morgan fingerprint density at radius 3 is 2.60 bits per heavy atom. The van der Waals surface area contributed by atoms with Crippen molar-refractivity contribution in [3.63, 3.8) is 0 Å². The van der Waals surface area contributed by atoms with Crippen molar-refractivity contribution in [1.29, 1.82) is 0 Å². The zero-order valence-electron chi connectivity index (χ0n) is 15.1. The summed E-state index contributed by atoms with van der Waals surface area (Å²) in [4.78, 5) is 26.9.